The topological polar surface area (TPSA) is 89.5 Å². The van der Waals surface area contributed by atoms with Gasteiger partial charge >= 0.3 is 12.2 Å². The summed E-state index contributed by atoms with van der Waals surface area (Å²) in [6, 6.07) is 30.2. The highest BCUT2D eigenvalue weighted by Crippen LogP contribution is 2.32. The molecule has 0 aliphatic heterocycles. The maximum absolute atomic E-state index is 12.5. The zero-order chi connectivity index (χ0) is 25.9. The minimum absolute atomic E-state index is 0.251. The minimum atomic E-state index is -0.544. The third kappa shape index (κ3) is 7.41. The Morgan fingerprint density at radius 3 is 2.27 bits per heavy atom. The van der Waals surface area contributed by atoms with Gasteiger partial charge in [-0.2, -0.15) is 0 Å². The van der Waals surface area contributed by atoms with Crippen molar-refractivity contribution in [3.8, 4) is 16.9 Å². The van der Waals surface area contributed by atoms with E-state index < -0.39 is 12.2 Å². The summed E-state index contributed by atoms with van der Waals surface area (Å²) in [7, 11) is 0. The van der Waals surface area contributed by atoms with Crippen molar-refractivity contribution < 1.29 is 19.1 Å². The predicted octanol–water partition coefficient (Wildman–Crippen LogP) is 6.07. The molecule has 0 saturated carbocycles. The molecule has 2 amide bonds. The Kier molecular flexibility index (Phi) is 8.86. The standard InChI is InChI=1S/C30H29N3O4/c1-22(23-11-3-2-4-12-23)36-30(35)33-21-24-13-5-6-15-26(24)27-16-7-8-17-28(27)37-29(34)32-20-18-25-14-9-10-19-31-25/h2-17,19,22H,18,20-21H2,1H3,(H,32,34)(H,33,35)/t22-/m1/s1. The van der Waals surface area contributed by atoms with Crippen molar-refractivity contribution >= 4 is 12.2 Å². The molecular weight excluding hydrogens is 466 g/mol. The number of benzene rings is 3. The van der Waals surface area contributed by atoms with E-state index in [9.17, 15) is 9.59 Å². The highest BCUT2D eigenvalue weighted by atomic mass is 16.6. The number of aromatic nitrogens is 1. The maximum atomic E-state index is 12.5. The fraction of sp³-hybridized carbons (Fsp3) is 0.167. The molecule has 7 heteroatoms. The fourth-order valence-corrected chi connectivity index (χ4v) is 3.85. The molecule has 3 aromatic carbocycles. The van der Waals surface area contributed by atoms with E-state index in [-0.39, 0.29) is 12.6 Å². The molecule has 0 spiro atoms. The molecule has 37 heavy (non-hydrogen) atoms. The number of rotatable bonds is 9. The van der Waals surface area contributed by atoms with Gasteiger partial charge in [0, 0.05) is 37.0 Å². The molecule has 7 nitrogen and oxygen atoms in total. The van der Waals surface area contributed by atoms with E-state index in [0.717, 1.165) is 27.9 Å². The first-order chi connectivity index (χ1) is 18.1. The van der Waals surface area contributed by atoms with E-state index in [1.54, 1.807) is 12.3 Å². The van der Waals surface area contributed by atoms with E-state index in [1.807, 2.05) is 97.9 Å². The van der Waals surface area contributed by atoms with Gasteiger partial charge in [0.05, 0.1) is 0 Å². The van der Waals surface area contributed by atoms with Crippen LogP contribution in [-0.2, 0) is 17.7 Å². The molecule has 0 radical (unpaired) electrons. The number of hydrogen-bond acceptors (Lipinski definition) is 5. The van der Waals surface area contributed by atoms with Crippen molar-refractivity contribution in [2.24, 2.45) is 0 Å². The summed E-state index contributed by atoms with van der Waals surface area (Å²) in [5, 5.41) is 5.60. The van der Waals surface area contributed by atoms with Gasteiger partial charge in [-0.25, -0.2) is 9.59 Å². The van der Waals surface area contributed by atoms with Gasteiger partial charge in [-0.1, -0.05) is 78.9 Å². The van der Waals surface area contributed by atoms with Gasteiger partial charge in [0.1, 0.15) is 11.9 Å². The summed E-state index contributed by atoms with van der Waals surface area (Å²) in [4.78, 5) is 29.2. The van der Waals surface area contributed by atoms with E-state index in [0.29, 0.717) is 18.7 Å². The summed E-state index contributed by atoms with van der Waals surface area (Å²) < 4.78 is 11.2. The molecule has 1 atom stereocenters. The number of para-hydroxylation sites is 1. The van der Waals surface area contributed by atoms with Crippen LogP contribution >= 0.6 is 0 Å². The first kappa shape index (κ1) is 25.4. The van der Waals surface area contributed by atoms with E-state index >= 15 is 0 Å². The molecule has 4 rings (SSSR count). The Morgan fingerprint density at radius 1 is 0.784 bits per heavy atom. The summed E-state index contributed by atoms with van der Waals surface area (Å²) >= 11 is 0. The molecule has 0 unspecified atom stereocenters. The first-order valence-electron chi connectivity index (χ1n) is 12.1. The normalized spacial score (nSPS) is 11.3. The van der Waals surface area contributed by atoms with E-state index in [2.05, 4.69) is 15.6 Å². The number of amides is 2. The number of carbonyl (C=O) groups excluding carboxylic acids is 2. The third-order valence-corrected chi connectivity index (χ3v) is 5.75. The van der Waals surface area contributed by atoms with Crippen LogP contribution in [0, 0.1) is 0 Å². The van der Waals surface area contributed by atoms with Crippen LogP contribution in [0.3, 0.4) is 0 Å². The molecule has 0 aliphatic rings. The molecule has 0 bridgehead atoms. The van der Waals surface area contributed by atoms with Crippen LogP contribution in [-0.4, -0.2) is 23.7 Å². The van der Waals surface area contributed by atoms with Crippen molar-refractivity contribution in [1.82, 2.24) is 15.6 Å². The molecular formula is C30H29N3O4. The Morgan fingerprint density at radius 2 is 1.49 bits per heavy atom. The molecule has 2 N–H and O–H groups in total. The predicted molar refractivity (Wildman–Crippen MR) is 142 cm³/mol. The average molecular weight is 496 g/mol. The van der Waals surface area contributed by atoms with E-state index in [4.69, 9.17) is 9.47 Å². The Hall–Kier alpha value is -4.65. The smallest absolute Gasteiger partial charge is 0.412 e. The van der Waals surface area contributed by atoms with Gasteiger partial charge in [-0.15, -0.1) is 0 Å². The molecule has 4 aromatic rings. The number of nitrogens with one attached hydrogen (secondary N) is 2. The SMILES string of the molecule is C[C@@H](OC(=O)NCc1ccccc1-c1ccccc1OC(=O)NCCc1ccccn1)c1ccccc1. The van der Waals surface area contributed by atoms with Crippen molar-refractivity contribution in [3.63, 3.8) is 0 Å². The van der Waals surface area contributed by atoms with Gasteiger partial charge in [0.15, 0.2) is 0 Å². The second-order valence-electron chi connectivity index (χ2n) is 8.35. The van der Waals surface area contributed by atoms with Gasteiger partial charge in [-0.3, -0.25) is 4.98 Å². The largest absolute Gasteiger partial charge is 0.442 e. The van der Waals surface area contributed by atoms with Crippen molar-refractivity contribution in [3.05, 3.63) is 120 Å². The number of hydrogen-bond donors (Lipinski definition) is 2. The Bertz CT molecular complexity index is 1310. The number of carbonyl (C=O) groups is 2. The zero-order valence-electron chi connectivity index (χ0n) is 20.6. The average Bonchev–Trinajstić information content (AvgIpc) is 2.93. The molecule has 0 fully saturated rings. The van der Waals surface area contributed by atoms with Gasteiger partial charge in [0.25, 0.3) is 0 Å². The highest BCUT2D eigenvalue weighted by Gasteiger charge is 2.15. The third-order valence-electron chi connectivity index (χ3n) is 5.75. The van der Waals surface area contributed by atoms with Crippen molar-refractivity contribution in [2.45, 2.75) is 26.0 Å². The zero-order valence-corrected chi connectivity index (χ0v) is 20.6. The Balaban J connectivity index is 1.38. The number of alkyl carbamates (subject to hydrolysis) is 1. The summed E-state index contributed by atoms with van der Waals surface area (Å²) in [6.45, 7) is 2.49. The van der Waals surface area contributed by atoms with Crippen LogP contribution in [0.25, 0.3) is 11.1 Å². The van der Waals surface area contributed by atoms with Crippen LogP contribution in [0.15, 0.2) is 103 Å². The summed E-state index contributed by atoms with van der Waals surface area (Å²) in [6.07, 6.45) is 0.896. The first-order valence-corrected chi connectivity index (χ1v) is 12.1. The molecule has 0 aliphatic carbocycles. The summed E-state index contributed by atoms with van der Waals surface area (Å²) in [5.41, 5.74) is 4.25. The highest BCUT2D eigenvalue weighted by molar-refractivity contribution is 5.79. The molecule has 188 valence electrons. The van der Waals surface area contributed by atoms with Gasteiger partial charge in [-0.05, 0) is 41.8 Å². The number of nitrogens with zero attached hydrogens (tertiary/aromatic N) is 1. The quantitative estimate of drug-likeness (QED) is 0.294. The van der Waals surface area contributed by atoms with Crippen LogP contribution in [0.2, 0.25) is 0 Å². The van der Waals surface area contributed by atoms with Gasteiger partial charge in [0.2, 0.25) is 0 Å². The van der Waals surface area contributed by atoms with Crippen LogP contribution in [0.1, 0.15) is 29.8 Å². The lowest BCUT2D eigenvalue weighted by Gasteiger charge is -2.16. The lowest BCUT2D eigenvalue weighted by Crippen LogP contribution is -2.29. The minimum Gasteiger partial charge on any atom is -0.442 e. The summed E-state index contributed by atoms with van der Waals surface area (Å²) in [5.74, 6) is 0.422. The van der Waals surface area contributed by atoms with Gasteiger partial charge < -0.3 is 20.1 Å². The monoisotopic (exact) mass is 495 g/mol. The number of pyridine rings is 1. The lowest BCUT2D eigenvalue weighted by molar-refractivity contribution is 0.106. The van der Waals surface area contributed by atoms with Crippen LogP contribution in [0.4, 0.5) is 9.59 Å². The fourth-order valence-electron chi connectivity index (χ4n) is 3.85. The number of ether oxygens (including phenoxy) is 2. The van der Waals surface area contributed by atoms with Crippen molar-refractivity contribution in [1.29, 1.82) is 0 Å². The van der Waals surface area contributed by atoms with Crippen LogP contribution in [0.5, 0.6) is 5.75 Å². The lowest BCUT2D eigenvalue weighted by atomic mass is 9.99. The van der Waals surface area contributed by atoms with Crippen molar-refractivity contribution in [2.75, 3.05) is 6.54 Å². The second kappa shape index (κ2) is 12.9. The second-order valence-corrected chi connectivity index (χ2v) is 8.35. The Labute approximate surface area is 216 Å². The molecule has 1 aromatic heterocycles. The van der Waals surface area contributed by atoms with E-state index in [1.165, 1.54) is 0 Å². The maximum Gasteiger partial charge on any atom is 0.412 e. The molecule has 0 saturated heterocycles. The molecule has 1 heterocycles. The van der Waals surface area contributed by atoms with Crippen LogP contribution < -0.4 is 15.4 Å².